The fraction of sp³-hybridized carbons (Fsp3) is 0.200. The average Bonchev–Trinajstić information content (AvgIpc) is 2.18. The Morgan fingerprint density at radius 1 is 1.57 bits per heavy atom. The molecule has 1 rings (SSSR count). The predicted molar refractivity (Wildman–Crippen MR) is 48.9 cm³/mol. The third-order valence-corrected chi connectivity index (χ3v) is 1.66. The number of benzene rings is 1. The zero-order valence-corrected chi connectivity index (χ0v) is 7.60. The first kappa shape index (κ1) is 10.1. The zero-order chi connectivity index (χ0) is 10.6. The molecule has 0 saturated carbocycles. The summed E-state index contributed by atoms with van der Waals surface area (Å²) in [6, 6.07) is 8.44. The van der Waals surface area contributed by atoms with E-state index in [0.29, 0.717) is 11.3 Å². The smallest absolute Gasteiger partial charge is 0.344 e. The summed E-state index contributed by atoms with van der Waals surface area (Å²) in [5.74, 6) is -0.761. The van der Waals surface area contributed by atoms with Gasteiger partial charge in [0.25, 0.3) is 0 Å². The van der Waals surface area contributed by atoms with E-state index in [4.69, 9.17) is 15.1 Å². The van der Waals surface area contributed by atoms with E-state index in [-0.39, 0.29) is 0 Å². The van der Waals surface area contributed by atoms with Gasteiger partial charge in [-0.3, -0.25) is 0 Å². The van der Waals surface area contributed by atoms with Crippen molar-refractivity contribution in [2.75, 3.05) is 0 Å². The van der Waals surface area contributed by atoms with E-state index in [1.165, 1.54) is 6.92 Å². The van der Waals surface area contributed by atoms with Crippen LogP contribution in [0, 0.1) is 11.3 Å². The lowest BCUT2D eigenvalue weighted by Gasteiger charge is -2.10. The molecule has 72 valence electrons. The molecule has 0 aromatic heterocycles. The minimum atomic E-state index is -1.06. The lowest BCUT2D eigenvalue weighted by Crippen LogP contribution is -2.23. The number of hydrogen-bond donors (Lipinski definition) is 1. The number of aliphatic carboxylic acids is 1. The number of para-hydroxylation sites is 1. The molecule has 0 aliphatic heterocycles. The third kappa shape index (κ3) is 2.23. The van der Waals surface area contributed by atoms with Crippen LogP contribution in [0.15, 0.2) is 24.3 Å². The quantitative estimate of drug-likeness (QED) is 0.784. The van der Waals surface area contributed by atoms with Crippen LogP contribution in [0.4, 0.5) is 0 Å². The number of carboxylic acid groups (broad SMARTS) is 1. The SMILES string of the molecule is C[C@H](Oc1ccccc1C#N)C(=O)O. The van der Waals surface area contributed by atoms with E-state index in [1.54, 1.807) is 24.3 Å². The fourth-order valence-electron chi connectivity index (χ4n) is 0.903. The Kier molecular flexibility index (Phi) is 3.08. The molecule has 1 atom stereocenters. The first-order valence-corrected chi connectivity index (χ1v) is 4.03. The van der Waals surface area contributed by atoms with Crippen molar-refractivity contribution in [3.8, 4) is 11.8 Å². The van der Waals surface area contributed by atoms with Gasteiger partial charge in [0.05, 0.1) is 5.56 Å². The summed E-state index contributed by atoms with van der Waals surface area (Å²) in [5.41, 5.74) is 0.334. The molecular weight excluding hydrogens is 182 g/mol. The molecule has 0 fully saturated rings. The summed E-state index contributed by atoms with van der Waals surface area (Å²) in [6.07, 6.45) is -0.954. The molecular formula is C10H9NO3. The average molecular weight is 191 g/mol. The third-order valence-electron chi connectivity index (χ3n) is 1.66. The maximum absolute atomic E-state index is 10.5. The summed E-state index contributed by atoms with van der Waals surface area (Å²) in [7, 11) is 0. The summed E-state index contributed by atoms with van der Waals surface area (Å²) in [5, 5.41) is 17.3. The number of ether oxygens (including phenoxy) is 1. The van der Waals surface area contributed by atoms with Crippen molar-refractivity contribution in [1.82, 2.24) is 0 Å². The largest absolute Gasteiger partial charge is 0.479 e. The number of carboxylic acids is 1. The molecule has 0 spiro atoms. The second-order valence-electron chi connectivity index (χ2n) is 2.71. The highest BCUT2D eigenvalue weighted by molar-refractivity contribution is 5.72. The van der Waals surface area contributed by atoms with Crippen molar-refractivity contribution in [3.05, 3.63) is 29.8 Å². The predicted octanol–water partition coefficient (Wildman–Crippen LogP) is 1.41. The van der Waals surface area contributed by atoms with E-state index < -0.39 is 12.1 Å². The van der Waals surface area contributed by atoms with Gasteiger partial charge in [0.2, 0.25) is 0 Å². The Morgan fingerprint density at radius 3 is 2.79 bits per heavy atom. The van der Waals surface area contributed by atoms with Crippen molar-refractivity contribution < 1.29 is 14.6 Å². The van der Waals surface area contributed by atoms with Crippen LogP contribution in [0.2, 0.25) is 0 Å². The Balaban J connectivity index is 2.87. The Hall–Kier alpha value is -2.02. The molecule has 0 bridgehead atoms. The second-order valence-corrected chi connectivity index (χ2v) is 2.71. The molecule has 4 heteroatoms. The Labute approximate surface area is 81.4 Å². The van der Waals surface area contributed by atoms with E-state index in [1.807, 2.05) is 6.07 Å². The summed E-state index contributed by atoms with van der Waals surface area (Å²) < 4.78 is 5.08. The van der Waals surface area contributed by atoms with Gasteiger partial charge >= 0.3 is 5.97 Å². The van der Waals surface area contributed by atoms with Crippen molar-refractivity contribution in [2.45, 2.75) is 13.0 Å². The van der Waals surface area contributed by atoms with Gasteiger partial charge in [-0.1, -0.05) is 12.1 Å². The lowest BCUT2D eigenvalue weighted by atomic mass is 10.2. The standard InChI is InChI=1S/C10H9NO3/c1-7(10(12)13)14-9-5-3-2-4-8(9)6-11/h2-5,7H,1H3,(H,12,13)/t7-/m0/s1. The molecule has 14 heavy (non-hydrogen) atoms. The maximum Gasteiger partial charge on any atom is 0.344 e. The molecule has 0 aliphatic rings. The van der Waals surface area contributed by atoms with Gasteiger partial charge in [-0.05, 0) is 19.1 Å². The number of nitrogens with zero attached hydrogens (tertiary/aromatic N) is 1. The number of nitriles is 1. The minimum Gasteiger partial charge on any atom is -0.479 e. The van der Waals surface area contributed by atoms with Crippen LogP contribution >= 0.6 is 0 Å². The van der Waals surface area contributed by atoms with Crippen LogP contribution in [-0.4, -0.2) is 17.2 Å². The highest BCUT2D eigenvalue weighted by Gasteiger charge is 2.13. The summed E-state index contributed by atoms with van der Waals surface area (Å²) in [4.78, 5) is 10.5. The van der Waals surface area contributed by atoms with E-state index >= 15 is 0 Å². The van der Waals surface area contributed by atoms with Gasteiger partial charge < -0.3 is 9.84 Å². The first-order chi connectivity index (χ1) is 6.65. The van der Waals surface area contributed by atoms with Crippen molar-refractivity contribution in [1.29, 1.82) is 5.26 Å². The molecule has 0 unspecified atom stereocenters. The second kappa shape index (κ2) is 4.28. The van der Waals surface area contributed by atoms with E-state index in [2.05, 4.69) is 0 Å². The van der Waals surface area contributed by atoms with Gasteiger partial charge in [0.1, 0.15) is 11.8 Å². The Bertz CT molecular complexity index is 381. The molecule has 0 heterocycles. The fourth-order valence-corrected chi connectivity index (χ4v) is 0.903. The van der Waals surface area contributed by atoms with Gasteiger partial charge in [-0.25, -0.2) is 4.79 Å². The van der Waals surface area contributed by atoms with Gasteiger partial charge in [-0.2, -0.15) is 5.26 Å². The number of carbonyl (C=O) groups is 1. The van der Waals surface area contributed by atoms with Crippen molar-refractivity contribution >= 4 is 5.97 Å². The van der Waals surface area contributed by atoms with Crippen LogP contribution in [0.5, 0.6) is 5.75 Å². The van der Waals surface area contributed by atoms with Gasteiger partial charge in [0, 0.05) is 0 Å². The highest BCUT2D eigenvalue weighted by atomic mass is 16.5. The summed E-state index contributed by atoms with van der Waals surface area (Å²) >= 11 is 0. The molecule has 4 nitrogen and oxygen atoms in total. The van der Waals surface area contributed by atoms with Crippen LogP contribution in [0.3, 0.4) is 0 Å². The first-order valence-electron chi connectivity index (χ1n) is 4.03. The topological polar surface area (TPSA) is 70.3 Å². The molecule has 0 saturated heterocycles. The van der Waals surface area contributed by atoms with Gasteiger partial charge in [0.15, 0.2) is 6.10 Å². The molecule has 0 aliphatic carbocycles. The number of rotatable bonds is 3. The zero-order valence-electron chi connectivity index (χ0n) is 7.60. The van der Waals surface area contributed by atoms with E-state index in [0.717, 1.165) is 0 Å². The molecule has 1 N–H and O–H groups in total. The highest BCUT2D eigenvalue weighted by Crippen LogP contribution is 2.17. The van der Waals surface area contributed by atoms with Crippen molar-refractivity contribution in [2.24, 2.45) is 0 Å². The lowest BCUT2D eigenvalue weighted by molar-refractivity contribution is -0.144. The summed E-state index contributed by atoms with van der Waals surface area (Å²) in [6.45, 7) is 1.41. The normalized spacial score (nSPS) is 11.4. The molecule has 0 radical (unpaired) electrons. The number of hydrogen-bond acceptors (Lipinski definition) is 3. The monoisotopic (exact) mass is 191 g/mol. The van der Waals surface area contributed by atoms with Gasteiger partial charge in [-0.15, -0.1) is 0 Å². The molecule has 1 aromatic rings. The van der Waals surface area contributed by atoms with Crippen LogP contribution in [-0.2, 0) is 4.79 Å². The maximum atomic E-state index is 10.5. The minimum absolute atomic E-state index is 0.296. The van der Waals surface area contributed by atoms with Crippen LogP contribution in [0.25, 0.3) is 0 Å². The molecule has 0 amide bonds. The van der Waals surface area contributed by atoms with E-state index in [9.17, 15) is 4.79 Å². The van der Waals surface area contributed by atoms with Crippen LogP contribution < -0.4 is 4.74 Å². The Morgan fingerprint density at radius 2 is 2.21 bits per heavy atom. The molecule has 1 aromatic carbocycles. The van der Waals surface area contributed by atoms with Crippen molar-refractivity contribution in [3.63, 3.8) is 0 Å². The van der Waals surface area contributed by atoms with Crippen LogP contribution in [0.1, 0.15) is 12.5 Å².